The third-order valence-electron chi connectivity index (χ3n) is 7.45. The highest BCUT2D eigenvalue weighted by Crippen LogP contribution is 2.52. The zero-order valence-electron chi connectivity index (χ0n) is 18.0. The van der Waals surface area contributed by atoms with E-state index in [0.29, 0.717) is 17.6 Å². The van der Waals surface area contributed by atoms with Crippen LogP contribution in [0.2, 0.25) is 0 Å². The summed E-state index contributed by atoms with van der Waals surface area (Å²) in [6.45, 7) is 16.3. The quantitative estimate of drug-likeness (QED) is 0.507. The highest BCUT2D eigenvalue weighted by atomic mass is 16.1. The predicted molar refractivity (Wildman–Crippen MR) is 108 cm³/mol. The fraction of sp³-hybridized carbons (Fsp3) is 0.917. The van der Waals surface area contributed by atoms with Crippen molar-refractivity contribution in [1.29, 1.82) is 0 Å². The van der Waals surface area contributed by atoms with Gasteiger partial charge in [-0.2, -0.15) is 0 Å². The van der Waals surface area contributed by atoms with Gasteiger partial charge in [-0.15, -0.1) is 0 Å². The molecule has 0 aromatic carbocycles. The Morgan fingerprint density at radius 2 is 1.20 bits per heavy atom. The van der Waals surface area contributed by atoms with Gasteiger partial charge < -0.3 is 4.79 Å². The first kappa shape index (κ1) is 21.0. The van der Waals surface area contributed by atoms with Crippen LogP contribution in [0.5, 0.6) is 0 Å². The molecule has 0 heterocycles. The fourth-order valence-electron chi connectivity index (χ4n) is 6.08. The first-order valence-corrected chi connectivity index (χ1v) is 11.1. The van der Waals surface area contributed by atoms with Gasteiger partial charge in [0, 0.05) is 6.42 Å². The average Bonchev–Trinajstić information content (AvgIpc) is 2.51. The molecule has 0 N–H and O–H groups in total. The number of hydrogen-bond donors (Lipinski definition) is 0. The molecule has 0 aliphatic heterocycles. The van der Waals surface area contributed by atoms with E-state index in [1.165, 1.54) is 38.5 Å². The van der Waals surface area contributed by atoms with Crippen LogP contribution < -0.4 is 0 Å². The van der Waals surface area contributed by atoms with E-state index in [4.69, 9.17) is 0 Å². The van der Waals surface area contributed by atoms with Crippen LogP contribution in [0, 0.1) is 53.3 Å². The maximum Gasteiger partial charge on any atom is 0.130 e. The van der Waals surface area contributed by atoms with E-state index in [0.717, 1.165) is 41.9 Å². The minimum atomic E-state index is 0.386. The van der Waals surface area contributed by atoms with E-state index < -0.39 is 0 Å². The first-order valence-electron chi connectivity index (χ1n) is 11.1. The van der Waals surface area contributed by atoms with Gasteiger partial charge in [-0.3, -0.25) is 0 Å². The van der Waals surface area contributed by atoms with Gasteiger partial charge >= 0.3 is 0 Å². The Labute approximate surface area is 157 Å². The molecule has 1 heteroatoms. The van der Waals surface area contributed by atoms with Crippen molar-refractivity contribution >= 4 is 5.78 Å². The van der Waals surface area contributed by atoms with Gasteiger partial charge in [-0.1, -0.05) is 54.4 Å². The number of ketones is 1. The second-order valence-electron chi connectivity index (χ2n) is 10.3. The Morgan fingerprint density at radius 1 is 0.800 bits per heavy atom. The van der Waals surface area contributed by atoms with E-state index >= 15 is 0 Å². The van der Waals surface area contributed by atoms with Crippen LogP contribution in [-0.4, -0.2) is 5.78 Å². The molecule has 0 spiro atoms. The van der Waals surface area contributed by atoms with Crippen molar-refractivity contribution in [2.24, 2.45) is 47.3 Å². The Morgan fingerprint density at radius 3 is 1.52 bits per heavy atom. The molecule has 6 atom stereocenters. The van der Waals surface area contributed by atoms with Gasteiger partial charge in [-0.05, 0) is 85.9 Å². The van der Waals surface area contributed by atoms with Crippen LogP contribution in [0.15, 0.2) is 0 Å². The molecule has 0 amide bonds. The molecule has 0 aromatic heterocycles. The van der Waals surface area contributed by atoms with Crippen molar-refractivity contribution in [3.8, 4) is 0 Å². The van der Waals surface area contributed by atoms with Crippen LogP contribution >= 0.6 is 0 Å². The molecule has 2 saturated carbocycles. The molecule has 0 saturated heterocycles. The van der Waals surface area contributed by atoms with E-state index in [2.05, 4.69) is 41.5 Å². The monoisotopic (exact) mass is 347 g/mol. The van der Waals surface area contributed by atoms with Gasteiger partial charge in [0.25, 0.3) is 0 Å². The number of carbonyl (C=O) groups excluding carboxylic acids is 1. The smallest absolute Gasteiger partial charge is 0.130 e. The normalized spacial score (nSPS) is 37.0. The van der Waals surface area contributed by atoms with E-state index in [9.17, 15) is 4.79 Å². The zero-order chi connectivity index (χ0) is 18.7. The lowest BCUT2D eigenvalue weighted by atomic mass is 9.56. The second-order valence-corrected chi connectivity index (χ2v) is 10.3. The molecule has 1 nitrogen and oxygen atoms in total. The molecule has 0 aromatic rings. The van der Waals surface area contributed by atoms with E-state index in [1.807, 2.05) is 6.92 Å². The third-order valence-corrected chi connectivity index (χ3v) is 7.45. The molecule has 6 unspecified atom stereocenters. The van der Waals surface area contributed by atoms with Crippen LogP contribution in [0.25, 0.3) is 0 Å². The van der Waals surface area contributed by atoms with Gasteiger partial charge in [-0.25, -0.2) is 0 Å². The van der Waals surface area contributed by atoms with Gasteiger partial charge in [0.05, 0.1) is 0 Å². The highest BCUT2D eigenvalue weighted by molar-refractivity contribution is 5.77. The molecule has 1 radical (unpaired) electrons. The summed E-state index contributed by atoms with van der Waals surface area (Å²) in [6.07, 6.45) is 8.87. The summed E-state index contributed by atoms with van der Waals surface area (Å²) in [4.78, 5) is 12.2. The highest BCUT2D eigenvalue weighted by Gasteiger charge is 2.44. The Balaban J connectivity index is 2.32. The summed E-state index contributed by atoms with van der Waals surface area (Å²) in [5, 5.41) is 0. The summed E-state index contributed by atoms with van der Waals surface area (Å²) < 4.78 is 0. The minimum Gasteiger partial charge on any atom is -0.300 e. The molecule has 0 bridgehead atoms. The summed E-state index contributed by atoms with van der Waals surface area (Å²) in [7, 11) is 0. The Kier molecular flexibility index (Phi) is 7.59. The lowest BCUT2D eigenvalue weighted by Gasteiger charge is -2.49. The maximum absolute atomic E-state index is 12.2. The van der Waals surface area contributed by atoms with Crippen molar-refractivity contribution < 1.29 is 4.79 Å². The summed E-state index contributed by atoms with van der Waals surface area (Å²) >= 11 is 0. The summed E-state index contributed by atoms with van der Waals surface area (Å²) in [5.41, 5.74) is 0. The number of Topliss-reactive ketones (excluding diaryl/α,β-unsaturated/α-hetero) is 1. The van der Waals surface area contributed by atoms with Gasteiger partial charge in [0.2, 0.25) is 0 Å². The van der Waals surface area contributed by atoms with Gasteiger partial charge in [0.1, 0.15) is 5.78 Å². The van der Waals surface area contributed by atoms with Crippen molar-refractivity contribution in [1.82, 2.24) is 0 Å². The number of rotatable bonds is 6. The zero-order valence-corrected chi connectivity index (χ0v) is 18.0. The van der Waals surface area contributed by atoms with Gasteiger partial charge in [0.15, 0.2) is 0 Å². The molecule has 2 aliphatic rings. The SMILES string of the molecule is CC(=O)C[C](C1CC(C)CCC1C(C)C)C1CC(C)CCC1C(C)C. The summed E-state index contributed by atoms with van der Waals surface area (Å²) in [5.74, 6) is 8.11. The molecule has 145 valence electrons. The van der Waals surface area contributed by atoms with Crippen molar-refractivity contribution in [3.63, 3.8) is 0 Å². The Hall–Kier alpha value is -0.330. The summed E-state index contributed by atoms with van der Waals surface area (Å²) in [6, 6.07) is 0. The van der Waals surface area contributed by atoms with E-state index in [1.54, 1.807) is 5.92 Å². The fourth-order valence-corrected chi connectivity index (χ4v) is 6.08. The predicted octanol–water partition coefficient (Wildman–Crippen LogP) is 6.96. The lowest BCUT2D eigenvalue weighted by molar-refractivity contribution is -0.117. The van der Waals surface area contributed by atoms with E-state index in [-0.39, 0.29) is 0 Å². The Bertz CT molecular complexity index is 392. The minimum absolute atomic E-state index is 0.386. The average molecular weight is 348 g/mol. The van der Waals surface area contributed by atoms with Crippen molar-refractivity contribution in [2.75, 3.05) is 0 Å². The van der Waals surface area contributed by atoms with Crippen LogP contribution in [0.4, 0.5) is 0 Å². The maximum atomic E-state index is 12.2. The number of hydrogen-bond acceptors (Lipinski definition) is 1. The topological polar surface area (TPSA) is 17.1 Å². The first-order chi connectivity index (χ1) is 11.7. The lowest BCUT2D eigenvalue weighted by Crippen LogP contribution is -2.41. The van der Waals surface area contributed by atoms with Crippen LogP contribution in [0.1, 0.15) is 93.4 Å². The number of carbonyl (C=O) groups is 1. The molecule has 25 heavy (non-hydrogen) atoms. The second kappa shape index (κ2) is 9.05. The van der Waals surface area contributed by atoms with Crippen LogP contribution in [-0.2, 0) is 4.79 Å². The molecular formula is C24H43O. The standard InChI is InChI=1S/C24H43O/c1-15(2)20-10-8-17(5)12-22(20)24(14-19(7)25)23-13-18(6)9-11-21(23)16(3)4/h15-18,20-23H,8-14H2,1-7H3. The largest absolute Gasteiger partial charge is 0.300 e. The third kappa shape index (κ3) is 5.33. The van der Waals surface area contributed by atoms with Crippen LogP contribution in [0.3, 0.4) is 0 Å². The molecule has 2 aliphatic carbocycles. The van der Waals surface area contributed by atoms with Crippen molar-refractivity contribution in [3.05, 3.63) is 5.92 Å². The molecule has 2 fully saturated rings. The van der Waals surface area contributed by atoms with Crippen molar-refractivity contribution in [2.45, 2.75) is 93.4 Å². The molecule has 2 rings (SSSR count). The molecular weight excluding hydrogens is 304 g/mol.